The fraction of sp³-hybridized carbons (Fsp3) is 0.133. The van der Waals surface area contributed by atoms with Crippen LogP contribution in [0.4, 0.5) is 0 Å². The van der Waals surface area contributed by atoms with Crippen molar-refractivity contribution in [1.29, 1.82) is 0 Å². The normalized spacial score (nSPS) is 17.6. The Labute approximate surface area is 101 Å². The fourth-order valence-corrected chi connectivity index (χ4v) is 1.75. The Morgan fingerprint density at radius 1 is 1.35 bits per heavy atom. The summed E-state index contributed by atoms with van der Waals surface area (Å²) in [6, 6.07) is 9.95. The van der Waals surface area contributed by atoms with Crippen LogP contribution in [-0.2, 0) is 9.53 Å². The summed E-state index contributed by atoms with van der Waals surface area (Å²) in [5, 5.41) is 0. The highest BCUT2D eigenvalue weighted by molar-refractivity contribution is 5.88. The molecule has 0 bridgehead atoms. The van der Waals surface area contributed by atoms with Crippen LogP contribution < -0.4 is 0 Å². The van der Waals surface area contributed by atoms with Gasteiger partial charge in [0.15, 0.2) is 0 Å². The summed E-state index contributed by atoms with van der Waals surface area (Å²) in [5.74, 6) is -0.298. The number of carbonyl (C=O) groups is 1. The minimum atomic E-state index is -0.298. The number of hydrogen-bond donors (Lipinski definition) is 0. The second kappa shape index (κ2) is 4.83. The molecule has 1 aromatic rings. The molecule has 0 aliphatic carbocycles. The summed E-state index contributed by atoms with van der Waals surface area (Å²) in [7, 11) is 0. The van der Waals surface area contributed by atoms with Crippen LogP contribution in [0.5, 0.6) is 0 Å². The van der Waals surface area contributed by atoms with Gasteiger partial charge in [-0.3, -0.25) is 0 Å². The van der Waals surface area contributed by atoms with Gasteiger partial charge in [-0.2, -0.15) is 0 Å². The van der Waals surface area contributed by atoms with E-state index in [-0.39, 0.29) is 5.97 Å². The van der Waals surface area contributed by atoms with Gasteiger partial charge < -0.3 is 4.74 Å². The van der Waals surface area contributed by atoms with Crippen LogP contribution in [0, 0.1) is 0 Å². The highest BCUT2D eigenvalue weighted by atomic mass is 16.5. The molecule has 2 nitrogen and oxygen atoms in total. The van der Waals surface area contributed by atoms with E-state index in [2.05, 4.69) is 6.58 Å². The van der Waals surface area contributed by atoms with Crippen molar-refractivity contribution in [2.24, 2.45) is 0 Å². The van der Waals surface area contributed by atoms with Crippen LogP contribution in [0.25, 0.3) is 6.08 Å². The van der Waals surface area contributed by atoms with Gasteiger partial charge in [-0.1, -0.05) is 42.5 Å². The van der Waals surface area contributed by atoms with Crippen molar-refractivity contribution >= 4 is 12.0 Å². The second-order valence-electron chi connectivity index (χ2n) is 4.03. The lowest BCUT2D eigenvalue weighted by Crippen LogP contribution is -2.14. The zero-order valence-corrected chi connectivity index (χ0v) is 9.77. The molecule has 1 aliphatic heterocycles. The van der Waals surface area contributed by atoms with E-state index in [1.165, 1.54) is 6.08 Å². The molecular formula is C15H14O2. The van der Waals surface area contributed by atoms with E-state index in [1.54, 1.807) is 0 Å². The Morgan fingerprint density at radius 3 is 2.71 bits per heavy atom. The summed E-state index contributed by atoms with van der Waals surface area (Å²) < 4.78 is 5.02. The van der Waals surface area contributed by atoms with Crippen LogP contribution in [0.2, 0.25) is 0 Å². The highest BCUT2D eigenvalue weighted by Crippen LogP contribution is 2.24. The van der Waals surface area contributed by atoms with Gasteiger partial charge in [-0.25, -0.2) is 4.79 Å². The molecule has 0 radical (unpaired) electrons. The number of allylic oxidation sites excluding steroid dienone is 1. The molecule has 0 spiro atoms. The molecule has 0 N–H and O–H groups in total. The maximum absolute atomic E-state index is 11.2. The Hall–Kier alpha value is -2.09. The van der Waals surface area contributed by atoms with Crippen molar-refractivity contribution < 1.29 is 9.53 Å². The molecule has 0 aromatic heterocycles. The summed E-state index contributed by atoms with van der Waals surface area (Å²) in [5.41, 5.74) is 3.84. The number of cyclic esters (lactones) is 1. The molecule has 2 heteroatoms. The van der Waals surface area contributed by atoms with Gasteiger partial charge in [0, 0.05) is 6.08 Å². The molecule has 0 saturated carbocycles. The van der Waals surface area contributed by atoms with Gasteiger partial charge in [0.05, 0.1) is 0 Å². The quantitative estimate of drug-likeness (QED) is 0.724. The van der Waals surface area contributed by atoms with Crippen LogP contribution in [0.15, 0.2) is 59.7 Å². The lowest BCUT2D eigenvalue weighted by molar-refractivity contribution is -0.137. The van der Waals surface area contributed by atoms with Crippen molar-refractivity contribution in [3.63, 3.8) is 0 Å². The Bertz CT molecular complexity index is 507. The van der Waals surface area contributed by atoms with Crippen LogP contribution >= 0.6 is 0 Å². The molecular weight excluding hydrogens is 212 g/mol. The van der Waals surface area contributed by atoms with E-state index >= 15 is 0 Å². The van der Waals surface area contributed by atoms with Crippen LogP contribution in [0.3, 0.4) is 0 Å². The van der Waals surface area contributed by atoms with Gasteiger partial charge in [0.1, 0.15) is 6.61 Å². The predicted molar refractivity (Wildman–Crippen MR) is 68.3 cm³/mol. The van der Waals surface area contributed by atoms with E-state index in [0.29, 0.717) is 6.61 Å². The molecule has 2 rings (SSSR count). The number of hydrogen-bond acceptors (Lipinski definition) is 2. The number of rotatable bonds is 2. The third-order valence-corrected chi connectivity index (χ3v) is 2.58. The third kappa shape index (κ3) is 2.72. The van der Waals surface area contributed by atoms with Crippen molar-refractivity contribution in [2.45, 2.75) is 6.92 Å². The minimum absolute atomic E-state index is 0.298. The molecule has 1 aliphatic rings. The van der Waals surface area contributed by atoms with Crippen molar-refractivity contribution in [3.8, 4) is 0 Å². The Morgan fingerprint density at radius 2 is 2.06 bits per heavy atom. The molecule has 17 heavy (non-hydrogen) atoms. The molecule has 0 amide bonds. The van der Waals surface area contributed by atoms with E-state index in [4.69, 9.17) is 4.74 Å². The average molecular weight is 226 g/mol. The van der Waals surface area contributed by atoms with E-state index in [0.717, 1.165) is 22.3 Å². The molecule has 0 saturated heterocycles. The number of carbonyl (C=O) groups excluding carboxylic acids is 1. The summed E-state index contributed by atoms with van der Waals surface area (Å²) >= 11 is 0. The monoisotopic (exact) mass is 226 g/mol. The molecule has 86 valence electrons. The zero-order chi connectivity index (χ0) is 12.3. The molecule has 0 fully saturated rings. The number of esters is 1. The Balaban J connectivity index is 2.38. The van der Waals surface area contributed by atoms with Gasteiger partial charge in [-0.05, 0) is 29.7 Å². The van der Waals surface area contributed by atoms with Crippen molar-refractivity contribution in [1.82, 2.24) is 0 Å². The lowest BCUT2D eigenvalue weighted by atomic mass is 9.96. The topological polar surface area (TPSA) is 26.3 Å². The largest absolute Gasteiger partial charge is 0.458 e. The predicted octanol–water partition coefficient (Wildman–Crippen LogP) is 3.13. The van der Waals surface area contributed by atoms with E-state index < -0.39 is 0 Å². The summed E-state index contributed by atoms with van der Waals surface area (Å²) in [6.45, 7) is 6.09. The maximum Gasteiger partial charge on any atom is 0.331 e. The first-order valence-corrected chi connectivity index (χ1v) is 5.47. The van der Waals surface area contributed by atoms with Gasteiger partial charge in [0.25, 0.3) is 0 Å². The molecule has 0 atom stereocenters. The van der Waals surface area contributed by atoms with Gasteiger partial charge >= 0.3 is 5.97 Å². The molecule has 1 heterocycles. The SMILES string of the molecule is C=C(C)C1=CC(=O)OC/C1=C\c1ccccc1. The van der Waals surface area contributed by atoms with Crippen molar-refractivity contribution in [2.75, 3.05) is 6.61 Å². The zero-order valence-electron chi connectivity index (χ0n) is 9.77. The average Bonchev–Trinajstić information content (AvgIpc) is 2.32. The third-order valence-electron chi connectivity index (χ3n) is 2.58. The second-order valence-corrected chi connectivity index (χ2v) is 4.03. The first kappa shape index (κ1) is 11.4. The molecule has 1 aromatic carbocycles. The van der Waals surface area contributed by atoms with Gasteiger partial charge in [-0.15, -0.1) is 0 Å². The number of benzene rings is 1. The standard InChI is InChI=1S/C15H14O2/c1-11(2)14-9-15(16)17-10-13(14)8-12-6-4-3-5-7-12/h3-9H,1,10H2,2H3/b13-8+. The van der Waals surface area contributed by atoms with Crippen LogP contribution in [-0.4, -0.2) is 12.6 Å². The van der Waals surface area contributed by atoms with Crippen molar-refractivity contribution in [3.05, 3.63) is 65.3 Å². The molecule has 0 unspecified atom stereocenters. The van der Waals surface area contributed by atoms with Crippen LogP contribution in [0.1, 0.15) is 12.5 Å². The smallest absolute Gasteiger partial charge is 0.331 e. The highest BCUT2D eigenvalue weighted by Gasteiger charge is 2.16. The number of ether oxygens (including phenoxy) is 1. The van der Waals surface area contributed by atoms with E-state index in [1.807, 2.05) is 43.3 Å². The summed E-state index contributed by atoms with van der Waals surface area (Å²) in [4.78, 5) is 11.2. The van der Waals surface area contributed by atoms with E-state index in [9.17, 15) is 4.79 Å². The minimum Gasteiger partial charge on any atom is -0.458 e. The fourth-order valence-electron chi connectivity index (χ4n) is 1.75. The maximum atomic E-state index is 11.2. The first-order valence-electron chi connectivity index (χ1n) is 5.47. The summed E-state index contributed by atoms with van der Waals surface area (Å²) in [6.07, 6.45) is 3.52. The Kier molecular flexibility index (Phi) is 3.24. The lowest BCUT2D eigenvalue weighted by Gasteiger charge is -2.17. The van der Waals surface area contributed by atoms with Gasteiger partial charge in [0.2, 0.25) is 0 Å². The first-order chi connectivity index (χ1) is 8.16.